The predicted octanol–water partition coefficient (Wildman–Crippen LogP) is 3.15. The Morgan fingerprint density at radius 1 is 1.30 bits per heavy atom. The molecule has 1 aliphatic carbocycles. The summed E-state index contributed by atoms with van der Waals surface area (Å²) < 4.78 is 5.26. The monoisotopic (exact) mass is 295 g/mol. The van der Waals surface area contributed by atoms with Crippen LogP contribution in [0.4, 0.5) is 0 Å². The molecular formula is C16H22ClNO2. The molecule has 1 aromatic carbocycles. The molecule has 0 spiro atoms. The molecule has 2 rings (SSSR count). The van der Waals surface area contributed by atoms with Crippen LogP contribution in [0.25, 0.3) is 0 Å². The Bertz CT molecular complexity index is 442. The molecule has 110 valence electrons. The van der Waals surface area contributed by atoms with E-state index in [1.54, 1.807) is 7.11 Å². The van der Waals surface area contributed by atoms with Crippen molar-refractivity contribution in [2.45, 2.75) is 37.5 Å². The molecule has 1 aromatic rings. The molecular weight excluding hydrogens is 274 g/mol. The standard InChI is InChI=1S/C16H22ClNO2/c1-20-15-5-3-2-4-13(15)10-16(19)18-11-12-6-8-14(17)9-7-12/h2-5,12,14H,6-11H2,1H3,(H,18,19). The van der Waals surface area contributed by atoms with Gasteiger partial charge < -0.3 is 10.1 Å². The molecule has 0 aromatic heterocycles. The molecule has 0 aliphatic heterocycles. The van der Waals surface area contributed by atoms with Gasteiger partial charge in [0.2, 0.25) is 5.91 Å². The van der Waals surface area contributed by atoms with Crippen LogP contribution in [0, 0.1) is 5.92 Å². The molecule has 20 heavy (non-hydrogen) atoms. The Morgan fingerprint density at radius 3 is 2.70 bits per heavy atom. The van der Waals surface area contributed by atoms with Crippen molar-refractivity contribution in [2.75, 3.05) is 13.7 Å². The van der Waals surface area contributed by atoms with E-state index in [-0.39, 0.29) is 5.91 Å². The summed E-state index contributed by atoms with van der Waals surface area (Å²) in [7, 11) is 1.63. The maximum absolute atomic E-state index is 12.0. The molecule has 3 nitrogen and oxygen atoms in total. The van der Waals surface area contributed by atoms with Gasteiger partial charge in [-0.15, -0.1) is 11.6 Å². The summed E-state index contributed by atoms with van der Waals surface area (Å²) in [5, 5.41) is 3.36. The van der Waals surface area contributed by atoms with Gasteiger partial charge in [0.25, 0.3) is 0 Å². The summed E-state index contributed by atoms with van der Waals surface area (Å²) in [4.78, 5) is 12.0. The molecule has 0 heterocycles. The smallest absolute Gasteiger partial charge is 0.224 e. The minimum absolute atomic E-state index is 0.0579. The third-order valence-electron chi connectivity index (χ3n) is 3.91. The van der Waals surface area contributed by atoms with Gasteiger partial charge in [-0.1, -0.05) is 18.2 Å². The number of alkyl halides is 1. The van der Waals surface area contributed by atoms with E-state index >= 15 is 0 Å². The first-order valence-corrected chi connectivity index (χ1v) is 7.65. The summed E-state index contributed by atoms with van der Waals surface area (Å²) in [6.07, 6.45) is 4.73. The number of methoxy groups -OCH3 is 1. The summed E-state index contributed by atoms with van der Waals surface area (Å²) in [6.45, 7) is 0.761. The van der Waals surface area contributed by atoms with Crippen LogP contribution in [-0.4, -0.2) is 24.9 Å². The minimum Gasteiger partial charge on any atom is -0.496 e. The van der Waals surface area contributed by atoms with E-state index < -0.39 is 0 Å². The third-order valence-corrected chi connectivity index (χ3v) is 4.34. The van der Waals surface area contributed by atoms with E-state index in [4.69, 9.17) is 16.3 Å². The zero-order valence-electron chi connectivity index (χ0n) is 11.9. The Hall–Kier alpha value is -1.22. The van der Waals surface area contributed by atoms with Gasteiger partial charge in [0.05, 0.1) is 13.5 Å². The van der Waals surface area contributed by atoms with Crippen LogP contribution in [0.15, 0.2) is 24.3 Å². The average molecular weight is 296 g/mol. The van der Waals surface area contributed by atoms with Crippen molar-refractivity contribution in [1.82, 2.24) is 5.32 Å². The third kappa shape index (κ3) is 4.41. The summed E-state index contributed by atoms with van der Waals surface area (Å²) in [5.74, 6) is 1.40. The quantitative estimate of drug-likeness (QED) is 0.848. The van der Waals surface area contributed by atoms with Crippen molar-refractivity contribution >= 4 is 17.5 Å². The van der Waals surface area contributed by atoms with Crippen LogP contribution in [0.5, 0.6) is 5.75 Å². The molecule has 0 bridgehead atoms. The summed E-state index contributed by atoms with van der Waals surface area (Å²) in [6, 6.07) is 7.64. The molecule has 0 unspecified atom stereocenters. The SMILES string of the molecule is COc1ccccc1CC(=O)NCC1CCC(Cl)CC1. The highest BCUT2D eigenvalue weighted by atomic mass is 35.5. The minimum atomic E-state index is 0.0579. The molecule has 0 atom stereocenters. The number of ether oxygens (including phenoxy) is 1. The summed E-state index contributed by atoms with van der Waals surface area (Å²) in [5.41, 5.74) is 0.928. The molecule has 1 saturated carbocycles. The van der Waals surface area contributed by atoms with Gasteiger partial charge in [0.1, 0.15) is 5.75 Å². The number of nitrogens with one attached hydrogen (secondary N) is 1. The average Bonchev–Trinajstić information content (AvgIpc) is 2.47. The molecule has 0 saturated heterocycles. The molecule has 1 N–H and O–H groups in total. The van der Waals surface area contributed by atoms with E-state index in [9.17, 15) is 4.79 Å². The Morgan fingerprint density at radius 2 is 2.00 bits per heavy atom. The van der Waals surface area contributed by atoms with E-state index in [0.717, 1.165) is 43.5 Å². The Kier molecular flexibility index (Phi) is 5.72. The Balaban J connectivity index is 1.78. The Labute approximate surface area is 125 Å². The van der Waals surface area contributed by atoms with Crippen LogP contribution in [0.1, 0.15) is 31.2 Å². The fraction of sp³-hybridized carbons (Fsp3) is 0.562. The van der Waals surface area contributed by atoms with Gasteiger partial charge in [-0.25, -0.2) is 0 Å². The fourth-order valence-electron chi connectivity index (χ4n) is 2.67. The largest absolute Gasteiger partial charge is 0.496 e. The van der Waals surface area contributed by atoms with Crippen LogP contribution < -0.4 is 10.1 Å². The zero-order valence-corrected chi connectivity index (χ0v) is 12.7. The van der Waals surface area contributed by atoms with Gasteiger partial charge in [-0.2, -0.15) is 0 Å². The second-order valence-corrected chi connectivity index (χ2v) is 6.03. The lowest BCUT2D eigenvalue weighted by molar-refractivity contribution is -0.120. The van der Waals surface area contributed by atoms with Crippen molar-refractivity contribution in [2.24, 2.45) is 5.92 Å². The summed E-state index contributed by atoms with van der Waals surface area (Å²) >= 11 is 6.08. The van der Waals surface area contributed by atoms with Crippen molar-refractivity contribution in [1.29, 1.82) is 0 Å². The number of amides is 1. The molecule has 4 heteroatoms. The van der Waals surface area contributed by atoms with Crippen LogP contribution in [0.3, 0.4) is 0 Å². The molecule has 1 fully saturated rings. The number of carbonyl (C=O) groups excluding carboxylic acids is 1. The number of carbonyl (C=O) groups is 1. The molecule has 0 radical (unpaired) electrons. The van der Waals surface area contributed by atoms with E-state index in [1.807, 2.05) is 24.3 Å². The van der Waals surface area contributed by atoms with Gasteiger partial charge in [-0.05, 0) is 37.7 Å². The van der Waals surface area contributed by atoms with Gasteiger partial charge in [-0.3, -0.25) is 4.79 Å². The first kappa shape index (κ1) is 15.2. The van der Waals surface area contributed by atoms with Crippen LogP contribution >= 0.6 is 11.6 Å². The van der Waals surface area contributed by atoms with Gasteiger partial charge >= 0.3 is 0 Å². The van der Waals surface area contributed by atoms with Crippen molar-refractivity contribution < 1.29 is 9.53 Å². The second-order valence-electron chi connectivity index (χ2n) is 5.41. The topological polar surface area (TPSA) is 38.3 Å². The fourth-order valence-corrected chi connectivity index (χ4v) is 2.92. The van der Waals surface area contributed by atoms with Crippen LogP contribution in [-0.2, 0) is 11.2 Å². The van der Waals surface area contributed by atoms with Gasteiger partial charge in [0.15, 0.2) is 0 Å². The van der Waals surface area contributed by atoms with Crippen molar-refractivity contribution in [3.05, 3.63) is 29.8 Å². The second kappa shape index (κ2) is 7.53. The number of hydrogen-bond donors (Lipinski definition) is 1. The molecule has 1 aliphatic rings. The first-order valence-electron chi connectivity index (χ1n) is 7.21. The molecule has 1 amide bonds. The zero-order chi connectivity index (χ0) is 14.4. The highest BCUT2D eigenvalue weighted by molar-refractivity contribution is 6.20. The van der Waals surface area contributed by atoms with Crippen molar-refractivity contribution in [3.8, 4) is 5.75 Å². The van der Waals surface area contributed by atoms with E-state index in [0.29, 0.717) is 17.7 Å². The van der Waals surface area contributed by atoms with Crippen molar-refractivity contribution in [3.63, 3.8) is 0 Å². The maximum Gasteiger partial charge on any atom is 0.224 e. The predicted molar refractivity (Wildman–Crippen MR) is 81.3 cm³/mol. The van der Waals surface area contributed by atoms with E-state index in [1.165, 1.54) is 0 Å². The highest BCUT2D eigenvalue weighted by Crippen LogP contribution is 2.27. The lowest BCUT2D eigenvalue weighted by atomic mass is 9.89. The number of halogens is 1. The number of rotatable bonds is 5. The lowest BCUT2D eigenvalue weighted by Crippen LogP contribution is -2.32. The number of benzene rings is 1. The lowest BCUT2D eigenvalue weighted by Gasteiger charge is -2.25. The number of para-hydroxylation sites is 1. The normalized spacial score (nSPS) is 22.3. The van der Waals surface area contributed by atoms with Crippen LogP contribution in [0.2, 0.25) is 0 Å². The maximum atomic E-state index is 12.0. The van der Waals surface area contributed by atoms with E-state index in [2.05, 4.69) is 5.32 Å². The van der Waals surface area contributed by atoms with Gasteiger partial charge in [0, 0.05) is 17.5 Å². The first-order chi connectivity index (χ1) is 9.69. The number of hydrogen-bond acceptors (Lipinski definition) is 2. The highest BCUT2D eigenvalue weighted by Gasteiger charge is 2.20.